The first-order valence-corrected chi connectivity index (χ1v) is 7.82. The van der Waals surface area contributed by atoms with E-state index < -0.39 is 11.5 Å². The second-order valence-electron chi connectivity index (χ2n) is 5.75. The second-order valence-corrected chi connectivity index (χ2v) is 6.27. The highest BCUT2D eigenvalue weighted by molar-refractivity contribution is 6.99. The number of hydrogen-bond donors (Lipinski definition) is 2. The van der Waals surface area contributed by atoms with Crippen molar-refractivity contribution < 1.29 is 14.7 Å². The summed E-state index contributed by atoms with van der Waals surface area (Å²) in [6.07, 6.45) is 1.15. The Kier molecular flexibility index (Phi) is 3.66. The summed E-state index contributed by atoms with van der Waals surface area (Å²) < 4.78 is 8.06. The molecule has 0 radical (unpaired) electrons. The number of likely N-dealkylation sites (tertiary alicyclic amines) is 1. The third-order valence-corrected chi connectivity index (χ3v) is 5.08. The highest BCUT2D eigenvalue weighted by atomic mass is 32.1. The maximum Gasteiger partial charge on any atom is 0.275 e. The second kappa shape index (κ2) is 5.34. The van der Waals surface area contributed by atoms with Gasteiger partial charge in [-0.2, -0.15) is 8.75 Å². The van der Waals surface area contributed by atoms with Crippen LogP contribution in [0.5, 0.6) is 0 Å². The molecule has 21 heavy (non-hydrogen) atoms. The summed E-state index contributed by atoms with van der Waals surface area (Å²) in [4.78, 5) is 26.4. The fourth-order valence-electron chi connectivity index (χ4n) is 3.19. The van der Waals surface area contributed by atoms with Crippen LogP contribution in [0.1, 0.15) is 35.4 Å². The minimum atomic E-state index is -0.872. The molecule has 1 aromatic rings. The Balaban J connectivity index is 1.84. The summed E-state index contributed by atoms with van der Waals surface area (Å²) in [5.41, 5.74) is 0.0878. The molecule has 2 amide bonds. The molecule has 0 aliphatic carbocycles. The van der Waals surface area contributed by atoms with Gasteiger partial charge in [0.15, 0.2) is 5.69 Å². The van der Waals surface area contributed by atoms with Gasteiger partial charge < -0.3 is 15.3 Å². The fraction of sp³-hybridized carbons (Fsp3) is 0.692. The van der Waals surface area contributed by atoms with E-state index >= 15 is 0 Å². The van der Waals surface area contributed by atoms with Crippen LogP contribution >= 0.6 is 11.7 Å². The lowest BCUT2D eigenvalue weighted by Gasteiger charge is -2.46. The molecule has 2 saturated heterocycles. The van der Waals surface area contributed by atoms with Crippen LogP contribution in [0.3, 0.4) is 0 Å². The van der Waals surface area contributed by atoms with Gasteiger partial charge in [-0.25, -0.2) is 0 Å². The largest absolute Gasteiger partial charge is 0.392 e. The lowest BCUT2D eigenvalue weighted by molar-refractivity contribution is -0.147. The Morgan fingerprint density at radius 1 is 1.52 bits per heavy atom. The number of carbonyl (C=O) groups excluding carboxylic acids is 2. The van der Waals surface area contributed by atoms with Crippen LogP contribution in [0.25, 0.3) is 0 Å². The molecule has 0 aromatic carbocycles. The van der Waals surface area contributed by atoms with Crippen molar-refractivity contribution >= 4 is 23.5 Å². The normalized spacial score (nSPS) is 29.5. The average Bonchev–Trinajstić information content (AvgIpc) is 2.90. The Morgan fingerprint density at radius 3 is 3.00 bits per heavy atom. The minimum Gasteiger partial charge on any atom is -0.392 e. The van der Waals surface area contributed by atoms with Crippen molar-refractivity contribution in [1.82, 2.24) is 19.0 Å². The zero-order chi connectivity index (χ0) is 15.0. The van der Waals surface area contributed by atoms with Crippen molar-refractivity contribution in [3.63, 3.8) is 0 Å². The van der Waals surface area contributed by atoms with Gasteiger partial charge >= 0.3 is 0 Å². The van der Waals surface area contributed by atoms with Crippen LogP contribution in [0.2, 0.25) is 0 Å². The van der Waals surface area contributed by atoms with Crippen molar-refractivity contribution in [1.29, 1.82) is 0 Å². The Hall–Kier alpha value is -1.54. The highest BCUT2D eigenvalue weighted by Gasteiger charge is 2.50. The van der Waals surface area contributed by atoms with Gasteiger partial charge in [-0.15, -0.1) is 0 Å². The smallest absolute Gasteiger partial charge is 0.275 e. The molecule has 3 rings (SSSR count). The summed E-state index contributed by atoms with van der Waals surface area (Å²) in [6.45, 7) is 3.07. The maximum absolute atomic E-state index is 12.5. The van der Waals surface area contributed by atoms with Crippen molar-refractivity contribution in [3.8, 4) is 0 Å². The van der Waals surface area contributed by atoms with E-state index in [4.69, 9.17) is 0 Å². The monoisotopic (exact) mass is 310 g/mol. The fourth-order valence-corrected chi connectivity index (χ4v) is 3.73. The molecular formula is C13H18N4O3S. The lowest BCUT2D eigenvalue weighted by Crippen LogP contribution is -2.62. The molecule has 114 valence electrons. The number of piperidine rings is 2. The van der Waals surface area contributed by atoms with Gasteiger partial charge in [0, 0.05) is 19.6 Å². The molecule has 0 saturated carbocycles. The van der Waals surface area contributed by atoms with Crippen LogP contribution in [-0.2, 0) is 4.79 Å². The molecule has 2 atom stereocenters. The molecule has 8 heteroatoms. The van der Waals surface area contributed by atoms with Crippen LogP contribution < -0.4 is 5.32 Å². The number of amides is 2. The summed E-state index contributed by atoms with van der Waals surface area (Å²) in [6, 6.07) is 0. The van der Waals surface area contributed by atoms with Gasteiger partial charge in [-0.3, -0.25) is 9.59 Å². The first kappa shape index (κ1) is 14.4. The number of aryl methyl sites for hydroxylation is 1. The maximum atomic E-state index is 12.5. The van der Waals surface area contributed by atoms with Gasteiger partial charge in [0.25, 0.3) is 5.91 Å². The Morgan fingerprint density at radius 2 is 2.33 bits per heavy atom. The number of nitrogens with zero attached hydrogens (tertiary/aromatic N) is 3. The minimum absolute atomic E-state index is 0.146. The van der Waals surface area contributed by atoms with Gasteiger partial charge in [0.1, 0.15) is 0 Å². The quantitative estimate of drug-likeness (QED) is 0.758. The first-order chi connectivity index (χ1) is 10.0. The van der Waals surface area contributed by atoms with E-state index in [0.29, 0.717) is 37.3 Å². The predicted octanol–water partition coefficient (Wildman–Crippen LogP) is -0.0503. The number of nitrogens with one attached hydrogen (secondary N) is 1. The number of carbonyl (C=O) groups is 2. The van der Waals surface area contributed by atoms with Crippen LogP contribution in [-0.4, -0.2) is 56.3 Å². The van der Waals surface area contributed by atoms with E-state index in [0.717, 1.165) is 18.1 Å². The Bertz CT molecular complexity index is 576. The third-order valence-electron chi connectivity index (χ3n) is 4.46. The Labute approximate surface area is 126 Å². The SMILES string of the molecule is Cc1nsnc1C(=O)N1CC[C@@H](O)[C@@]2(CCCNC2=O)C1. The summed E-state index contributed by atoms with van der Waals surface area (Å²) >= 11 is 1.01. The van der Waals surface area contributed by atoms with Crippen molar-refractivity contribution in [2.45, 2.75) is 32.3 Å². The van der Waals surface area contributed by atoms with Crippen LogP contribution in [0.15, 0.2) is 0 Å². The number of rotatable bonds is 1. The average molecular weight is 310 g/mol. The topological polar surface area (TPSA) is 95.4 Å². The van der Waals surface area contributed by atoms with Gasteiger partial charge in [0.05, 0.1) is 28.9 Å². The highest BCUT2D eigenvalue weighted by Crippen LogP contribution is 2.37. The molecular weight excluding hydrogens is 292 g/mol. The number of aliphatic hydroxyl groups is 1. The zero-order valence-corrected chi connectivity index (χ0v) is 12.7. The van der Waals surface area contributed by atoms with E-state index in [-0.39, 0.29) is 18.4 Å². The van der Waals surface area contributed by atoms with Gasteiger partial charge in [0.2, 0.25) is 5.91 Å². The molecule has 3 heterocycles. The number of aliphatic hydroxyl groups excluding tert-OH is 1. The van der Waals surface area contributed by atoms with Gasteiger partial charge in [-0.1, -0.05) is 0 Å². The van der Waals surface area contributed by atoms with Crippen molar-refractivity contribution in [3.05, 3.63) is 11.4 Å². The standard InChI is InChI=1S/C13H18N4O3S/c1-8-10(16-21-15-8)11(19)17-6-3-9(18)13(7-17)4-2-5-14-12(13)20/h9,18H,2-7H2,1H3,(H,14,20)/t9-,13-/m1/s1. The predicted molar refractivity (Wildman–Crippen MR) is 75.9 cm³/mol. The summed E-state index contributed by atoms with van der Waals surface area (Å²) in [5.74, 6) is -0.349. The number of aromatic nitrogens is 2. The molecule has 2 aliphatic rings. The molecule has 0 bridgehead atoms. The summed E-state index contributed by atoms with van der Waals surface area (Å²) in [7, 11) is 0. The zero-order valence-electron chi connectivity index (χ0n) is 11.8. The first-order valence-electron chi connectivity index (χ1n) is 7.09. The van der Waals surface area contributed by atoms with Crippen molar-refractivity contribution in [2.75, 3.05) is 19.6 Å². The van der Waals surface area contributed by atoms with E-state index in [1.54, 1.807) is 11.8 Å². The molecule has 1 aromatic heterocycles. The van der Waals surface area contributed by atoms with E-state index in [9.17, 15) is 14.7 Å². The molecule has 1 spiro atoms. The van der Waals surface area contributed by atoms with E-state index in [2.05, 4.69) is 14.1 Å². The third kappa shape index (κ3) is 2.32. The van der Waals surface area contributed by atoms with E-state index in [1.165, 1.54) is 0 Å². The summed E-state index contributed by atoms with van der Waals surface area (Å²) in [5, 5.41) is 13.1. The molecule has 2 aliphatic heterocycles. The van der Waals surface area contributed by atoms with Crippen molar-refractivity contribution in [2.24, 2.45) is 5.41 Å². The molecule has 2 fully saturated rings. The lowest BCUT2D eigenvalue weighted by atomic mass is 9.71. The molecule has 7 nitrogen and oxygen atoms in total. The molecule has 0 unspecified atom stereocenters. The van der Waals surface area contributed by atoms with Crippen LogP contribution in [0.4, 0.5) is 0 Å². The van der Waals surface area contributed by atoms with E-state index in [1.807, 2.05) is 0 Å². The number of hydrogen-bond acceptors (Lipinski definition) is 6. The molecule has 2 N–H and O–H groups in total. The van der Waals surface area contributed by atoms with Gasteiger partial charge in [-0.05, 0) is 26.2 Å². The van der Waals surface area contributed by atoms with Crippen LogP contribution in [0, 0.1) is 12.3 Å².